The number of rotatable bonds is 4. The number of aliphatic hydroxyl groups is 1. The van der Waals surface area contributed by atoms with Gasteiger partial charge in [-0.05, 0) is 19.8 Å². The van der Waals surface area contributed by atoms with E-state index in [2.05, 4.69) is 4.98 Å². The van der Waals surface area contributed by atoms with Gasteiger partial charge in [0.2, 0.25) is 5.01 Å². The van der Waals surface area contributed by atoms with Crippen LogP contribution in [0.2, 0.25) is 0 Å². The summed E-state index contributed by atoms with van der Waals surface area (Å²) >= 11 is 1.10. The third-order valence-corrected chi connectivity index (χ3v) is 4.51. The summed E-state index contributed by atoms with van der Waals surface area (Å²) in [6, 6.07) is -0.181. The van der Waals surface area contributed by atoms with Crippen LogP contribution in [-0.4, -0.2) is 52.7 Å². The number of nitrogens with zero attached hydrogens (tertiary/aromatic N) is 2. The van der Waals surface area contributed by atoms with Gasteiger partial charge in [-0.2, -0.15) is 0 Å². The molecular formula is C14H20N2O4S. The molecule has 0 radical (unpaired) electrons. The van der Waals surface area contributed by atoms with Crippen molar-refractivity contribution in [3.8, 4) is 0 Å². The second kappa shape index (κ2) is 7.00. The lowest BCUT2D eigenvalue weighted by Crippen LogP contribution is -2.46. The van der Waals surface area contributed by atoms with Gasteiger partial charge < -0.3 is 14.7 Å². The van der Waals surface area contributed by atoms with Crippen molar-refractivity contribution in [2.45, 2.75) is 44.8 Å². The highest BCUT2D eigenvalue weighted by Gasteiger charge is 2.31. The number of hydrogen-bond acceptors (Lipinski definition) is 6. The van der Waals surface area contributed by atoms with Gasteiger partial charge in [0.1, 0.15) is 5.69 Å². The van der Waals surface area contributed by atoms with Gasteiger partial charge in [-0.1, -0.05) is 12.8 Å². The molecule has 1 aliphatic carbocycles. The van der Waals surface area contributed by atoms with Gasteiger partial charge in [-0.25, -0.2) is 9.78 Å². The third kappa shape index (κ3) is 3.59. The van der Waals surface area contributed by atoms with Crippen molar-refractivity contribution in [1.82, 2.24) is 9.88 Å². The monoisotopic (exact) mass is 312 g/mol. The number of amides is 1. The van der Waals surface area contributed by atoms with E-state index < -0.39 is 12.1 Å². The summed E-state index contributed by atoms with van der Waals surface area (Å²) < 4.78 is 4.86. The number of carbonyl (C=O) groups is 2. The van der Waals surface area contributed by atoms with Crippen LogP contribution in [0.3, 0.4) is 0 Å². The SMILES string of the molecule is CCOC(=O)c1nc(C(=O)N(C)C2CCCCC2O)cs1. The zero-order valence-electron chi connectivity index (χ0n) is 12.2. The molecule has 2 atom stereocenters. The summed E-state index contributed by atoms with van der Waals surface area (Å²) in [5.41, 5.74) is 0.225. The van der Waals surface area contributed by atoms with Crippen LogP contribution in [-0.2, 0) is 4.74 Å². The Bertz CT molecular complexity index is 517. The molecule has 0 aliphatic heterocycles. The van der Waals surface area contributed by atoms with E-state index in [0.29, 0.717) is 6.42 Å². The molecule has 2 rings (SSSR count). The summed E-state index contributed by atoms with van der Waals surface area (Å²) in [6.45, 7) is 1.99. The highest BCUT2D eigenvalue weighted by atomic mass is 32.1. The number of thiazole rings is 1. The molecule has 1 fully saturated rings. The molecule has 0 saturated heterocycles. The fraction of sp³-hybridized carbons (Fsp3) is 0.643. The minimum atomic E-state index is -0.512. The molecular weight excluding hydrogens is 292 g/mol. The van der Waals surface area contributed by atoms with Crippen LogP contribution in [0.4, 0.5) is 0 Å². The van der Waals surface area contributed by atoms with E-state index in [4.69, 9.17) is 4.74 Å². The lowest BCUT2D eigenvalue weighted by atomic mass is 9.91. The maximum absolute atomic E-state index is 12.4. The van der Waals surface area contributed by atoms with Crippen LogP contribution in [0, 0.1) is 0 Å². The molecule has 0 bridgehead atoms. The van der Waals surface area contributed by atoms with Gasteiger partial charge in [0, 0.05) is 12.4 Å². The van der Waals surface area contributed by atoms with Gasteiger partial charge in [0.25, 0.3) is 5.91 Å². The Morgan fingerprint density at radius 2 is 2.19 bits per heavy atom. The number of aliphatic hydroxyl groups excluding tert-OH is 1. The smallest absolute Gasteiger partial charge is 0.367 e. The second-order valence-electron chi connectivity index (χ2n) is 5.09. The Hall–Kier alpha value is -1.47. The first-order chi connectivity index (χ1) is 10.0. The first-order valence-corrected chi connectivity index (χ1v) is 8.00. The number of carbonyl (C=O) groups excluding carboxylic acids is 2. The van der Waals surface area contributed by atoms with Crippen LogP contribution in [0.1, 0.15) is 52.9 Å². The lowest BCUT2D eigenvalue weighted by Gasteiger charge is -2.34. The molecule has 116 valence electrons. The molecule has 6 nitrogen and oxygen atoms in total. The number of ether oxygens (including phenoxy) is 1. The lowest BCUT2D eigenvalue weighted by molar-refractivity contribution is 0.0264. The summed E-state index contributed by atoms with van der Waals surface area (Å²) in [5, 5.41) is 11.7. The first kappa shape index (κ1) is 15.9. The molecule has 1 aromatic rings. The average molecular weight is 312 g/mol. The molecule has 7 heteroatoms. The predicted molar refractivity (Wildman–Crippen MR) is 78.4 cm³/mol. The standard InChI is InChI=1S/C14H20N2O4S/c1-3-20-14(19)12-15-9(8-21-12)13(18)16(2)10-6-4-5-7-11(10)17/h8,10-11,17H,3-7H2,1-2H3. The van der Waals surface area contributed by atoms with Gasteiger partial charge in [0.15, 0.2) is 0 Å². The Labute approximate surface area is 127 Å². The quantitative estimate of drug-likeness (QED) is 0.856. The first-order valence-electron chi connectivity index (χ1n) is 7.12. The highest BCUT2D eigenvalue weighted by Crippen LogP contribution is 2.24. The molecule has 0 spiro atoms. The number of hydrogen-bond donors (Lipinski definition) is 1. The van der Waals surface area contributed by atoms with Crippen molar-refractivity contribution in [2.75, 3.05) is 13.7 Å². The number of esters is 1. The molecule has 21 heavy (non-hydrogen) atoms. The van der Waals surface area contributed by atoms with Crippen molar-refractivity contribution in [3.05, 3.63) is 16.1 Å². The van der Waals surface area contributed by atoms with Gasteiger partial charge in [-0.3, -0.25) is 4.79 Å². The van der Waals surface area contributed by atoms with Crippen molar-refractivity contribution < 1.29 is 19.4 Å². The predicted octanol–water partition coefficient (Wildman–Crippen LogP) is 1.70. The van der Waals surface area contributed by atoms with Crippen LogP contribution in [0.15, 0.2) is 5.38 Å². The largest absolute Gasteiger partial charge is 0.461 e. The van der Waals surface area contributed by atoms with Crippen molar-refractivity contribution in [2.24, 2.45) is 0 Å². The summed E-state index contributed by atoms with van der Waals surface area (Å²) in [4.78, 5) is 29.5. The minimum Gasteiger partial charge on any atom is -0.461 e. The number of aromatic nitrogens is 1. The zero-order valence-corrected chi connectivity index (χ0v) is 13.1. The van der Waals surface area contributed by atoms with Crippen molar-refractivity contribution >= 4 is 23.2 Å². The van der Waals surface area contributed by atoms with Crippen LogP contribution >= 0.6 is 11.3 Å². The van der Waals surface area contributed by atoms with E-state index in [1.165, 1.54) is 4.90 Å². The van der Waals surface area contributed by atoms with Crippen LogP contribution in [0.25, 0.3) is 0 Å². The van der Waals surface area contributed by atoms with Crippen LogP contribution < -0.4 is 0 Å². The van der Waals surface area contributed by atoms with Gasteiger partial charge in [-0.15, -0.1) is 11.3 Å². The van der Waals surface area contributed by atoms with Crippen LogP contribution in [0.5, 0.6) is 0 Å². The summed E-state index contributed by atoms with van der Waals surface area (Å²) in [7, 11) is 1.67. The Balaban J connectivity index is 2.07. The van der Waals surface area contributed by atoms with E-state index >= 15 is 0 Å². The fourth-order valence-corrected chi connectivity index (χ4v) is 3.22. The van der Waals surface area contributed by atoms with Crippen molar-refractivity contribution in [1.29, 1.82) is 0 Å². The third-order valence-electron chi connectivity index (χ3n) is 3.69. The van der Waals surface area contributed by atoms with E-state index in [1.807, 2.05) is 0 Å². The fourth-order valence-electron chi connectivity index (χ4n) is 2.53. The maximum Gasteiger partial charge on any atom is 0.367 e. The normalized spacial score (nSPS) is 21.9. The average Bonchev–Trinajstić information content (AvgIpc) is 2.96. The van der Waals surface area contributed by atoms with Gasteiger partial charge >= 0.3 is 5.97 Å². The summed E-state index contributed by atoms with van der Waals surface area (Å²) in [5.74, 6) is -0.783. The highest BCUT2D eigenvalue weighted by molar-refractivity contribution is 7.11. The van der Waals surface area contributed by atoms with Gasteiger partial charge in [0.05, 0.1) is 18.8 Å². The number of likely N-dealkylation sites (N-methyl/N-ethyl adjacent to an activating group) is 1. The maximum atomic E-state index is 12.4. The molecule has 0 aromatic carbocycles. The molecule has 1 saturated carbocycles. The van der Waals surface area contributed by atoms with Crippen molar-refractivity contribution in [3.63, 3.8) is 0 Å². The van der Waals surface area contributed by atoms with E-state index in [0.717, 1.165) is 30.6 Å². The topological polar surface area (TPSA) is 79.7 Å². The molecule has 2 unspecified atom stereocenters. The Kier molecular flexibility index (Phi) is 5.30. The Morgan fingerprint density at radius 3 is 2.86 bits per heavy atom. The molecule has 1 aliphatic rings. The minimum absolute atomic E-state index is 0.179. The Morgan fingerprint density at radius 1 is 1.48 bits per heavy atom. The van der Waals surface area contributed by atoms with E-state index in [1.54, 1.807) is 19.4 Å². The summed E-state index contributed by atoms with van der Waals surface area (Å²) in [6.07, 6.45) is 3.01. The van der Waals surface area contributed by atoms with E-state index in [9.17, 15) is 14.7 Å². The molecule has 1 heterocycles. The molecule has 1 aromatic heterocycles. The second-order valence-corrected chi connectivity index (χ2v) is 5.95. The molecule has 1 N–H and O–H groups in total. The zero-order chi connectivity index (χ0) is 15.4. The molecule has 1 amide bonds. The van der Waals surface area contributed by atoms with E-state index in [-0.39, 0.29) is 29.3 Å².